The van der Waals surface area contributed by atoms with Gasteiger partial charge in [-0.2, -0.15) is 24.5 Å². The van der Waals surface area contributed by atoms with Gasteiger partial charge in [0.25, 0.3) is 0 Å². The molecule has 0 bridgehead atoms. The number of thiophene rings is 1. The van der Waals surface area contributed by atoms with Gasteiger partial charge in [-0.05, 0) is 58.6 Å². The molecule has 0 spiro atoms. The largest absolute Gasteiger partial charge is 0.433 e. The molecule has 4 nitrogen and oxygen atoms in total. The highest BCUT2D eigenvalue weighted by atomic mass is 32.1. The molecule has 0 amide bonds. The zero-order valence-corrected chi connectivity index (χ0v) is 19.0. The highest BCUT2D eigenvalue weighted by molar-refractivity contribution is 7.08. The van der Waals surface area contributed by atoms with E-state index in [1.54, 1.807) is 18.3 Å². The topological polar surface area (TPSA) is 32.3 Å². The number of hydrogen-bond donors (Lipinski definition) is 0. The molecule has 0 saturated carbocycles. The van der Waals surface area contributed by atoms with Crippen molar-refractivity contribution >= 4 is 28.1 Å². The van der Waals surface area contributed by atoms with E-state index in [0.717, 1.165) is 49.8 Å². The van der Waals surface area contributed by atoms with Crippen molar-refractivity contribution in [2.75, 3.05) is 31.1 Å². The summed E-state index contributed by atoms with van der Waals surface area (Å²) < 4.78 is 53.5. The van der Waals surface area contributed by atoms with Crippen LogP contribution in [0, 0.1) is 5.82 Å². The van der Waals surface area contributed by atoms with Crippen molar-refractivity contribution in [3.05, 3.63) is 76.5 Å². The second-order valence-electron chi connectivity index (χ2n) is 8.34. The minimum absolute atomic E-state index is 0.253. The predicted molar refractivity (Wildman–Crippen MR) is 126 cm³/mol. The van der Waals surface area contributed by atoms with Gasteiger partial charge in [0.2, 0.25) is 0 Å². The molecule has 0 N–H and O–H groups in total. The van der Waals surface area contributed by atoms with Crippen LogP contribution in [0.3, 0.4) is 0 Å². The fourth-order valence-corrected chi connectivity index (χ4v) is 4.98. The first kappa shape index (κ1) is 22.7. The van der Waals surface area contributed by atoms with E-state index in [4.69, 9.17) is 0 Å². The molecule has 0 radical (unpaired) electrons. The molecule has 9 heteroatoms. The van der Waals surface area contributed by atoms with Crippen molar-refractivity contribution in [3.8, 4) is 11.1 Å². The van der Waals surface area contributed by atoms with Gasteiger partial charge in [0.15, 0.2) is 0 Å². The Bertz CT molecular complexity index is 1270. The lowest BCUT2D eigenvalue weighted by molar-refractivity contribution is -0.140. The molecule has 4 heterocycles. The molecular formula is C25H22F4N4S. The van der Waals surface area contributed by atoms with E-state index in [2.05, 4.69) is 19.8 Å². The van der Waals surface area contributed by atoms with Gasteiger partial charge in [-0.15, -0.1) is 0 Å². The highest BCUT2D eigenvalue weighted by Gasteiger charge is 2.33. The fraction of sp³-hybridized carbons (Fsp3) is 0.280. The van der Waals surface area contributed by atoms with Crippen LogP contribution in [0.2, 0.25) is 0 Å². The predicted octanol–water partition coefficient (Wildman–Crippen LogP) is 6.23. The first-order valence-electron chi connectivity index (χ1n) is 11.0. The van der Waals surface area contributed by atoms with Crippen LogP contribution >= 0.6 is 11.3 Å². The number of nitrogens with zero attached hydrogens (tertiary/aromatic N) is 4. The van der Waals surface area contributed by atoms with Crippen molar-refractivity contribution in [1.29, 1.82) is 0 Å². The zero-order valence-electron chi connectivity index (χ0n) is 18.2. The molecule has 3 aromatic heterocycles. The summed E-state index contributed by atoms with van der Waals surface area (Å²) in [7, 11) is 0. The van der Waals surface area contributed by atoms with E-state index in [-0.39, 0.29) is 5.82 Å². The third-order valence-electron chi connectivity index (χ3n) is 6.04. The summed E-state index contributed by atoms with van der Waals surface area (Å²) in [6.45, 7) is 3.77. The van der Waals surface area contributed by atoms with Crippen molar-refractivity contribution in [2.45, 2.75) is 19.1 Å². The summed E-state index contributed by atoms with van der Waals surface area (Å²) in [5.74, 6) is 0.399. The number of aromatic nitrogens is 2. The zero-order chi connectivity index (χ0) is 23.7. The van der Waals surface area contributed by atoms with E-state index < -0.39 is 11.9 Å². The Morgan fingerprint density at radius 2 is 1.76 bits per heavy atom. The third-order valence-corrected chi connectivity index (χ3v) is 6.72. The van der Waals surface area contributed by atoms with E-state index in [1.807, 2.05) is 16.8 Å². The Morgan fingerprint density at radius 1 is 0.941 bits per heavy atom. The summed E-state index contributed by atoms with van der Waals surface area (Å²) in [5.41, 5.74) is 1.85. The van der Waals surface area contributed by atoms with Gasteiger partial charge in [-0.25, -0.2) is 14.4 Å². The van der Waals surface area contributed by atoms with Crippen molar-refractivity contribution in [2.24, 2.45) is 0 Å². The fourth-order valence-electron chi connectivity index (χ4n) is 4.33. The van der Waals surface area contributed by atoms with Crippen molar-refractivity contribution in [3.63, 3.8) is 0 Å². The maximum absolute atomic E-state index is 13.4. The van der Waals surface area contributed by atoms with Gasteiger partial charge >= 0.3 is 6.18 Å². The standard InChI is InChI=1S/C25H22F4N4S/c26-19-4-2-17(3-5-19)15-32-9-1-10-33(12-11-32)24-20-6-7-22(25(27,28)29)31-23(20)21(14-30-24)18-8-13-34-16-18/h2-8,13-14,16H,1,9-12,15H2. The monoisotopic (exact) mass is 486 g/mol. The minimum Gasteiger partial charge on any atom is -0.355 e. The van der Waals surface area contributed by atoms with Crippen molar-refractivity contribution in [1.82, 2.24) is 14.9 Å². The van der Waals surface area contributed by atoms with Crippen LogP contribution in [-0.2, 0) is 12.7 Å². The number of rotatable bonds is 4. The Kier molecular flexibility index (Phi) is 6.22. The molecular weight excluding hydrogens is 464 g/mol. The van der Waals surface area contributed by atoms with Crippen LogP contribution in [0.5, 0.6) is 0 Å². The molecule has 34 heavy (non-hydrogen) atoms. The quantitative estimate of drug-likeness (QED) is 0.320. The summed E-state index contributed by atoms with van der Waals surface area (Å²) in [4.78, 5) is 13.1. The molecule has 5 rings (SSSR count). The van der Waals surface area contributed by atoms with Crippen LogP contribution in [0.1, 0.15) is 17.7 Å². The van der Waals surface area contributed by atoms with Gasteiger partial charge < -0.3 is 4.90 Å². The Morgan fingerprint density at radius 3 is 2.50 bits per heavy atom. The molecule has 1 saturated heterocycles. The molecule has 0 unspecified atom stereocenters. The van der Waals surface area contributed by atoms with Crippen LogP contribution in [0.25, 0.3) is 22.0 Å². The lowest BCUT2D eigenvalue weighted by Crippen LogP contribution is -2.31. The second-order valence-corrected chi connectivity index (χ2v) is 9.12. The van der Waals surface area contributed by atoms with Gasteiger partial charge in [0.05, 0.1) is 5.52 Å². The van der Waals surface area contributed by atoms with Crippen molar-refractivity contribution < 1.29 is 17.6 Å². The maximum atomic E-state index is 13.4. The average Bonchev–Trinajstić information content (AvgIpc) is 3.26. The Labute approximate surface area is 198 Å². The van der Waals surface area contributed by atoms with E-state index in [1.165, 1.54) is 29.5 Å². The first-order chi connectivity index (χ1) is 16.4. The molecule has 4 aromatic rings. The Balaban J connectivity index is 1.45. The average molecular weight is 487 g/mol. The lowest BCUT2D eigenvalue weighted by Gasteiger charge is -2.24. The number of benzene rings is 1. The number of anilines is 1. The molecule has 1 aliphatic rings. The minimum atomic E-state index is -4.52. The van der Waals surface area contributed by atoms with Crippen LogP contribution < -0.4 is 4.90 Å². The van der Waals surface area contributed by atoms with Gasteiger partial charge in [0.1, 0.15) is 17.3 Å². The van der Waals surface area contributed by atoms with Crippen LogP contribution in [0.15, 0.2) is 59.4 Å². The lowest BCUT2D eigenvalue weighted by atomic mass is 10.1. The van der Waals surface area contributed by atoms with Crippen LogP contribution in [0.4, 0.5) is 23.4 Å². The number of halogens is 4. The summed E-state index contributed by atoms with van der Waals surface area (Å²) in [6.07, 6.45) is -2.01. The summed E-state index contributed by atoms with van der Waals surface area (Å²) >= 11 is 1.47. The SMILES string of the molecule is Fc1ccc(CN2CCCN(c3ncc(-c4ccsc4)c4nc(C(F)(F)F)ccc34)CC2)cc1. The molecule has 1 aromatic carbocycles. The number of hydrogen-bond acceptors (Lipinski definition) is 5. The maximum Gasteiger partial charge on any atom is 0.433 e. The van der Waals surface area contributed by atoms with Gasteiger partial charge in [-0.1, -0.05) is 12.1 Å². The molecule has 1 fully saturated rings. The van der Waals surface area contributed by atoms with Gasteiger partial charge in [0, 0.05) is 49.9 Å². The smallest absolute Gasteiger partial charge is 0.355 e. The van der Waals surface area contributed by atoms with E-state index in [0.29, 0.717) is 28.8 Å². The first-order valence-corrected chi connectivity index (χ1v) is 11.9. The van der Waals surface area contributed by atoms with E-state index in [9.17, 15) is 17.6 Å². The third kappa shape index (κ3) is 4.76. The molecule has 1 aliphatic heterocycles. The Hall–Kier alpha value is -3.04. The normalized spacial score (nSPS) is 15.6. The number of fused-ring (bicyclic) bond motifs is 1. The van der Waals surface area contributed by atoms with Gasteiger partial charge in [-0.3, -0.25) is 4.90 Å². The number of alkyl halides is 3. The van der Waals surface area contributed by atoms with Crippen LogP contribution in [-0.4, -0.2) is 41.0 Å². The highest BCUT2D eigenvalue weighted by Crippen LogP contribution is 2.36. The summed E-state index contributed by atoms with van der Waals surface area (Å²) in [5, 5.41) is 4.38. The molecule has 176 valence electrons. The van der Waals surface area contributed by atoms with E-state index >= 15 is 0 Å². The number of pyridine rings is 2. The summed E-state index contributed by atoms with van der Waals surface area (Å²) in [6, 6.07) is 10.9. The second kappa shape index (κ2) is 9.31. The molecule has 0 atom stereocenters. The molecule has 0 aliphatic carbocycles.